The Kier molecular flexibility index (Phi) is 3.42. The number of carbonyl (C=O) groups excluding carboxylic acids is 2. The Balaban J connectivity index is 2.36. The smallest absolute Gasteiger partial charge is 0.234 e. The minimum absolute atomic E-state index is 0.0165. The summed E-state index contributed by atoms with van der Waals surface area (Å²) >= 11 is 0. The van der Waals surface area contributed by atoms with Crippen molar-refractivity contribution in [1.29, 1.82) is 0 Å². The molecule has 13 heavy (non-hydrogen) atoms. The molecule has 4 nitrogen and oxygen atoms in total. The van der Waals surface area contributed by atoms with Crippen LogP contribution in [0.2, 0.25) is 0 Å². The molecule has 1 aliphatic rings. The molecule has 0 spiro atoms. The van der Waals surface area contributed by atoms with Gasteiger partial charge in [-0.05, 0) is 0 Å². The third kappa shape index (κ3) is 3.14. The van der Waals surface area contributed by atoms with Crippen molar-refractivity contribution in [3.63, 3.8) is 0 Å². The van der Waals surface area contributed by atoms with Crippen molar-refractivity contribution >= 4 is 11.7 Å². The van der Waals surface area contributed by atoms with Crippen molar-refractivity contribution in [3.05, 3.63) is 0 Å². The van der Waals surface area contributed by atoms with Crippen LogP contribution in [0.25, 0.3) is 0 Å². The Bertz CT molecular complexity index is 214. The first-order chi connectivity index (χ1) is 6.09. The van der Waals surface area contributed by atoms with Gasteiger partial charge in [0.2, 0.25) is 5.91 Å². The third-order valence-electron chi connectivity index (χ3n) is 2.14. The van der Waals surface area contributed by atoms with E-state index in [0.29, 0.717) is 19.6 Å². The van der Waals surface area contributed by atoms with E-state index in [0.717, 1.165) is 6.54 Å². The number of amides is 1. The van der Waals surface area contributed by atoms with E-state index in [9.17, 15) is 9.59 Å². The number of hydrogen-bond acceptors (Lipinski definition) is 3. The van der Waals surface area contributed by atoms with E-state index in [1.807, 2.05) is 18.7 Å². The van der Waals surface area contributed by atoms with Crippen molar-refractivity contribution < 1.29 is 9.59 Å². The van der Waals surface area contributed by atoms with Crippen LogP contribution in [0.3, 0.4) is 0 Å². The summed E-state index contributed by atoms with van der Waals surface area (Å²) < 4.78 is 0. The lowest BCUT2D eigenvalue weighted by Crippen LogP contribution is -2.49. The lowest BCUT2D eigenvalue weighted by molar-refractivity contribution is -0.127. The van der Waals surface area contributed by atoms with Gasteiger partial charge >= 0.3 is 0 Å². The number of nitrogens with zero attached hydrogens (tertiary/aromatic N) is 1. The van der Waals surface area contributed by atoms with Crippen LogP contribution in [0.4, 0.5) is 0 Å². The molecule has 1 fully saturated rings. The van der Waals surface area contributed by atoms with Crippen molar-refractivity contribution in [2.24, 2.45) is 5.92 Å². The quantitative estimate of drug-likeness (QED) is 0.652. The number of piperazine rings is 1. The number of rotatable bonds is 3. The largest absolute Gasteiger partial charge is 0.354 e. The molecule has 0 aromatic rings. The minimum atomic E-state index is 0.0165. The number of hydrogen-bond donors (Lipinski definition) is 1. The Hall–Kier alpha value is -0.900. The first-order valence-corrected chi connectivity index (χ1v) is 4.61. The molecule has 0 aliphatic carbocycles. The molecule has 0 bridgehead atoms. The second-order valence-corrected chi connectivity index (χ2v) is 3.68. The topological polar surface area (TPSA) is 49.4 Å². The lowest BCUT2D eigenvalue weighted by Gasteiger charge is -2.26. The van der Waals surface area contributed by atoms with E-state index in [1.165, 1.54) is 0 Å². The van der Waals surface area contributed by atoms with E-state index in [2.05, 4.69) is 5.32 Å². The molecule has 1 amide bonds. The number of nitrogens with one attached hydrogen (secondary N) is 1. The molecule has 0 aromatic heterocycles. The summed E-state index contributed by atoms with van der Waals surface area (Å²) in [7, 11) is 0. The maximum Gasteiger partial charge on any atom is 0.234 e. The fourth-order valence-corrected chi connectivity index (χ4v) is 1.23. The van der Waals surface area contributed by atoms with Crippen molar-refractivity contribution in [2.75, 3.05) is 26.2 Å². The van der Waals surface area contributed by atoms with Crippen LogP contribution in [-0.2, 0) is 9.59 Å². The monoisotopic (exact) mass is 184 g/mol. The van der Waals surface area contributed by atoms with Crippen LogP contribution < -0.4 is 5.32 Å². The fourth-order valence-electron chi connectivity index (χ4n) is 1.23. The number of Topliss-reactive ketones (excluding diaryl/α,β-unsaturated/α-hetero) is 1. The predicted molar refractivity (Wildman–Crippen MR) is 49.3 cm³/mol. The average Bonchev–Trinajstić information content (AvgIpc) is 2.04. The number of carbonyl (C=O) groups is 2. The number of ketones is 1. The molecule has 0 aromatic carbocycles. The van der Waals surface area contributed by atoms with Crippen LogP contribution in [0, 0.1) is 5.92 Å². The van der Waals surface area contributed by atoms with Gasteiger partial charge in [0, 0.05) is 19.0 Å². The van der Waals surface area contributed by atoms with E-state index in [-0.39, 0.29) is 17.6 Å². The lowest BCUT2D eigenvalue weighted by atomic mass is 10.1. The van der Waals surface area contributed by atoms with Crippen molar-refractivity contribution in [3.8, 4) is 0 Å². The molecule has 4 heteroatoms. The van der Waals surface area contributed by atoms with E-state index < -0.39 is 0 Å². The minimum Gasteiger partial charge on any atom is -0.354 e. The second-order valence-electron chi connectivity index (χ2n) is 3.68. The summed E-state index contributed by atoms with van der Waals surface area (Å²) in [4.78, 5) is 24.2. The van der Waals surface area contributed by atoms with Crippen LogP contribution in [0.15, 0.2) is 0 Å². The molecule has 0 unspecified atom stereocenters. The van der Waals surface area contributed by atoms with Crippen LogP contribution in [-0.4, -0.2) is 42.8 Å². The Morgan fingerprint density at radius 1 is 1.62 bits per heavy atom. The summed E-state index contributed by atoms with van der Waals surface area (Å²) in [5.41, 5.74) is 0. The molecule has 1 N–H and O–H groups in total. The summed E-state index contributed by atoms with van der Waals surface area (Å²) in [6.45, 7) is 5.97. The van der Waals surface area contributed by atoms with Gasteiger partial charge in [0.15, 0.2) is 0 Å². The average molecular weight is 184 g/mol. The second kappa shape index (κ2) is 4.37. The summed E-state index contributed by atoms with van der Waals surface area (Å²) in [6.07, 6.45) is 0. The predicted octanol–water partition coefficient (Wildman–Crippen LogP) is -0.357. The molecule has 1 heterocycles. The zero-order valence-electron chi connectivity index (χ0n) is 8.17. The van der Waals surface area contributed by atoms with Crippen molar-refractivity contribution in [1.82, 2.24) is 10.2 Å². The Morgan fingerprint density at radius 3 is 2.85 bits per heavy atom. The molecule has 1 aliphatic heterocycles. The highest BCUT2D eigenvalue weighted by atomic mass is 16.2. The normalized spacial score (nSPS) is 18.8. The van der Waals surface area contributed by atoms with E-state index in [4.69, 9.17) is 0 Å². The van der Waals surface area contributed by atoms with Gasteiger partial charge in [0.25, 0.3) is 0 Å². The highest BCUT2D eigenvalue weighted by Crippen LogP contribution is 1.99. The zero-order chi connectivity index (χ0) is 9.84. The molecule has 1 rings (SSSR count). The fraction of sp³-hybridized carbons (Fsp3) is 0.778. The molecule has 0 saturated carbocycles. The SMILES string of the molecule is CC(C)C(=O)CN1CCNC(=O)C1. The van der Waals surface area contributed by atoms with Crippen LogP contribution in [0.5, 0.6) is 0 Å². The van der Waals surface area contributed by atoms with Gasteiger partial charge in [-0.3, -0.25) is 14.5 Å². The van der Waals surface area contributed by atoms with Crippen LogP contribution >= 0.6 is 0 Å². The van der Waals surface area contributed by atoms with Gasteiger partial charge < -0.3 is 5.32 Å². The molecule has 1 saturated heterocycles. The third-order valence-corrected chi connectivity index (χ3v) is 2.14. The highest BCUT2D eigenvalue weighted by Gasteiger charge is 2.19. The molecule has 0 atom stereocenters. The van der Waals surface area contributed by atoms with E-state index >= 15 is 0 Å². The summed E-state index contributed by atoms with van der Waals surface area (Å²) in [6, 6.07) is 0. The molecular weight excluding hydrogens is 168 g/mol. The van der Waals surface area contributed by atoms with Crippen molar-refractivity contribution in [2.45, 2.75) is 13.8 Å². The van der Waals surface area contributed by atoms with Crippen LogP contribution in [0.1, 0.15) is 13.8 Å². The van der Waals surface area contributed by atoms with Gasteiger partial charge in [0.05, 0.1) is 13.1 Å². The maximum atomic E-state index is 11.3. The Labute approximate surface area is 78.3 Å². The van der Waals surface area contributed by atoms with Gasteiger partial charge in [-0.15, -0.1) is 0 Å². The summed E-state index contributed by atoms with van der Waals surface area (Å²) in [5.74, 6) is 0.280. The van der Waals surface area contributed by atoms with Gasteiger partial charge in [0.1, 0.15) is 5.78 Å². The molecule has 0 radical (unpaired) electrons. The van der Waals surface area contributed by atoms with Gasteiger partial charge in [-0.25, -0.2) is 0 Å². The first-order valence-electron chi connectivity index (χ1n) is 4.61. The standard InChI is InChI=1S/C9H16N2O2/c1-7(2)8(12)5-11-4-3-10-9(13)6-11/h7H,3-6H2,1-2H3,(H,10,13). The van der Waals surface area contributed by atoms with Gasteiger partial charge in [-0.2, -0.15) is 0 Å². The maximum absolute atomic E-state index is 11.3. The molecule has 74 valence electrons. The van der Waals surface area contributed by atoms with Gasteiger partial charge in [-0.1, -0.05) is 13.8 Å². The summed E-state index contributed by atoms with van der Waals surface area (Å²) in [5, 5.41) is 2.72. The Morgan fingerprint density at radius 2 is 2.31 bits per heavy atom. The highest BCUT2D eigenvalue weighted by molar-refractivity contribution is 5.84. The molecular formula is C9H16N2O2. The zero-order valence-corrected chi connectivity index (χ0v) is 8.17. The van der Waals surface area contributed by atoms with E-state index in [1.54, 1.807) is 0 Å². The first kappa shape index (κ1) is 10.2.